The van der Waals surface area contributed by atoms with E-state index in [1.54, 1.807) is 45.0 Å². The normalized spacial score (nSPS) is 21.2. The number of carbonyl (C=O) groups is 9. The predicted molar refractivity (Wildman–Crippen MR) is 345 cm³/mol. The van der Waals surface area contributed by atoms with Gasteiger partial charge in [0.1, 0.15) is 24.2 Å². The second-order valence-corrected chi connectivity index (χ2v) is 27.7. The number of nitrogens with zero attached hydrogens (tertiary/aromatic N) is 3. The molecule has 90 heavy (non-hydrogen) atoms. The van der Waals surface area contributed by atoms with E-state index in [0.29, 0.717) is 37.6 Å². The van der Waals surface area contributed by atoms with Crippen molar-refractivity contribution in [3.05, 3.63) is 136 Å². The molecule has 0 spiro atoms. The van der Waals surface area contributed by atoms with Crippen molar-refractivity contribution >= 4 is 70.6 Å². The van der Waals surface area contributed by atoms with Gasteiger partial charge < -0.3 is 62.0 Å². The fraction of sp³-hybridized carbons (Fsp3) is 0.515. The van der Waals surface area contributed by atoms with Crippen LogP contribution in [0, 0.1) is 5.41 Å². The zero-order valence-electron chi connectivity index (χ0n) is 53.3. The van der Waals surface area contributed by atoms with E-state index in [4.69, 9.17) is 4.74 Å². The van der Waals surface area contributed by atoms with Crippen LogP contribution in [0.4, 0.5) is 5.69 Å². The molecule has 4 aromatic rings. The summed E-state index contributed by atoms with van der Waals surface area (Å²) in [4.78, 5) is 133. The molecule has 3 heterocycles. The van der Waals surface area contributed by atoms with Crippen LogP contribution in [0.1, 0.15) is 147 Å². The van der Waals surface area contributed by atoms with Crippen molar-refractivity contribution in [2.45, 2.75) is 166 Å². The Hall–Kier alpha value is -7.66. The molecule has 0 radical (unpaired) electrons. The molecule has 0 saturated carbocycles. The highest BCUT2D eigenvalue weighted by Crippen LogP contribution is 2.36. The lowest BCUT2D eigenvalue weighted by molar-refractivity contribution is -0.145. The zero-order chi connectivity index (χ0) is 64.6. The second kappa shape index (κ2) is 29.1. The maximum atomic E-state index is 15.5. The number of hydrogen-bond acceptors (Lipinski definition) is 13. The molecule has 8 N–H and O–H groups in total. The Morgan fingerprint density at radius 1 is 0.611 bits per heavy atom. The lowest BCUT2D eigenvalue weighted by atomic mass is 9.85. The van der Waals surface area contributed by atoms with Crippen molar-refractivity contribution in [1.82, 2.24) is 51.9 Å². The summed E-state index contributed by atoms with van der Waals surface area (Å²) < 4.78 is 4.41. The first kappa shape index (κ1) is 66.8. The Kier molecular flexibility index (Phi) is 21.6. The Bertz CT molecular complexity index is 3330. The summed E-state index contributed by atoms with van der Waals surface area (Å²) in [5.74, 6) is -3.46. The lowest BCUT2D eigenvalue weighted by Crippen LogP contribution is -2.63. The summed E-state index contributed by atoms with van der Waals surface area (Å²) in [5.41, 5.74) is 6.02. The molecule has 5 aliphatic rings. The van der Waals surface area contributed by atoms with E-state index < -0.39 is 82.0 Å². The van der Waals surface area contributed by atoms with Crippen LogP contribution < -0.4 is 42.5 Å². The first-order chi connectivity index (χ1) is 42.9. The summed E-state index contributed by atoms with van der Waals surface area (Å²) in [6, 6.07) is 21.0. The van der Waals surface area contributed by atoms with E-state index in [1.165, 1.54) is 45.8 Å². The topological polar surface area (TPSA) is 269 Å². The van der Waals surface area contributed by atoms with Gasteiger partial charge in [-0.05, 0) is 162 Å². The molecular weight excluding hydrogens is 1160 g/mol. The van der Waals surface area contributed by atoms with Crippen molar-refractivity contribution < 1.29 is 47.9 Å². The predicted octanol–water partition coefficient (Wildman–Crippen LogP) is 4.88. The third-order valence-electron chi connectivity index (χ3n) is 18.4. The zero-order valence-corrected chi connectivity index (χ0v) is 54.1. The van der Waals surface area contributed by atoms with Crippen LogP contribution in [0.3, 0.4) is 0 Å². The number of fused-ring (bicyclic) bond motifs is 3. The number of nitrogens with one attached hydrogen (secondary N) is 8. The summed E-state index contributed by atoms with van der Waals surface area (Å²) in [5, 5.41) is 24.3. The van der Waals surface area contributed by atoms with Gasteiger partial charge in [-0.1, -0.05) is 75.4 Å². The summed E-state index contributed by atoms with van der Waals surface area (Å²) >= 11 is 1.26. The van der Waals surface area contributed by atoms with Crippen LogP contribution in [0.5, 0.6) is 0 Å². The van der Waals surface area contributed by atoms with Crippen molar-refractivity contribution in [2.75, 3.05) is 58.0 Å². The molecule has 4 aromatic carbocycles. The molecule has 21 nitrogen and oxygen atoms in total. The number of morpholine rings is 1. The lowest BCUT2D eigenvalue weighted by Gasteiger charge is -2.42. The smallest absolute Gasteiger partial charge is 0.255 e. The number of amides is 9. The molecule has 3 aliphatic heterocycles. The fourth-order valence-corrected chi connectivity index (χ4v) is 13.7. The number of benzene rings is 4. The minimum absolute atomic E-state index is 0.00647. The van der Waals surface area contributed by atoms with Gasteiger partial charge in [-0.15, -0.1) is 11.8 Å². The van der Waals surface area contributed by atoms with E-state index in [9.17, 15) is 38.4 Å². The minimum Gasteiger partial charge on any atom is -0.378 e. The summed E-state index contributed by atoms with van der Waals surface area (Å²) in [6.07, 6.45) is 5.27. The maximum Gasteiger partial charge on any atom is 0.255 e. The number of carbonyl (C=O) groups excluding carboxylic acids is 9. The third kappa shape index (κ3) is 15.7. The SMILES string of the molecule is CN[C@@H](C)C(=O)N[C@H](C(=O)N1C[C@@H](NC(=O)c2ccc(C(=O)Nc3ccc4c(c3)CN(C(=O)[C@@H](NC(=O)[C@H](C)NC)C(C)(C)SCC(=O)N3CCOCC3)[C@H](C(=O)N[C@@H]3CCCc5ccccc53)C4)cc2)C[C@H]1C(=O)N[C@@H]1CCCc2ccccc21)C(C)(C)C. The number of ether oxygens (including phenoxy) is 1. The first-order valence-electron chi connectivity index (χ1n) is 31.6. The third-order valence-corrected chi connectivity index (χ3v) is 19.8. The van der Waals surface area contributed by atoms with E-state index in [0.717, 1.165) is 66.3 Å². The second-order valence-electron chi connectivity index (χ2n) is 26.1. The van der Waals surface area contributed by atoms with E-state index in [1.807, 2.05) is 77.1 Å². The van der Waals surface area contributed by atoms with Gasteiger partial charge in [-0.3, -0.25) is 43.2 Å². The van der Waals surface area contributed by atoms with E-state index in [-0.39, 0.29) is 78.5 Å². The highest BCUT2D eigenvalue weighted by Gasteiger charge is 2.48. The first-order valence-corrected chi connectivity index (χ1v) is 32.6. The Morgan fingerprint density at radius 3 is 1.71 bits per heavy atom. The number of aryl methyl sites for hydroxylation is 2. The number of rotatable bonds is 20. The van der Waals surface area contributed by atoms with Crippen LogP contribution >= 0.6 is 11.8 Å². The van der Waals surface area contributed by atoms with Crippen molar-refractivity contribution in [2.24, 2.45) is 5.41 Å². The highest BCUT2D eigenvalue weighted by molar-refractivity contribution is 8.01. The molecule has 0 aromatic heterocycles. The summed E-state index contributed by atoms with van der Waals surface area (Å²) in [7, 11) is 3.30. The molecule has 2 fully saturated rings. The summed E-state index contributed by atoms with van der Waals surface area (Å²) in [6.45, 7) is 14.3. The Morgan fingerprint density at radius 2 is 1.14 bits per heavy atom. The molecule has 22 heteroatoms. The van der Waals surface area contributed by atoms with Crippen molar-refractivity contribution in [3.63, 3.8) is 0 Å². The van der Waals surface area contributed by atoms with Gasteiger partial charge in [0.15, 0.2) is 0 Å². The van der Waals surface area contributed by atoms with Gasteiger partial charge in [0, 0.05) is 60.2 Å². The highest BCUT2D eigenvalue weighted by atomic mass is 32.2. The van der Waals surface area contributed by atoms with Crippen molar-refractivity contribution in [3.8, 4) is 0 Å². The molecule has 2 aliphatic carbocycles. The number of likely N-dealkylation sites (N-methyl/N-ethyl adjacent to an activating group) is 2. The van der Waals surface area contributed by atoms with Gasteiger partial charge in [0.05, 0.1) is 43.1 Å². The fourth-order valence-electron chi connectivity index (χ4n) is 12.7. The quantitative estimate of drug-likeness (QED) is 0.0587. The largest absolute Gasteiger partial charge is 0.378 e. The number of hydrogen-bond donors (Lipinski definition) is 8. The van der Waals surface area contributed by atoms with E-state index >= 15 is 4.79 Å². The number of anilines is 1. The minimum atomic E-state index is -1.19. The molecule has 9 amide bonds. The molecule has 0 unspecified atom stereocenters. The van der Waals surface area contributed by atoms with Gasteiger partial charge in [-0.25, -0.2) is 0 Å². The molecule has 0 bridgehead atoms. The van der Waals surface area contributed by atoms with Crippen LogP contribution in [-0.2, 0) is 64.1 Å². The molecule has 2 saturated heterocycles. The Balaban J connectivity index is 0.917. The van der Waals surface area contributed by atoms with Crippen LogP contribution in [0.2, 0.25) is 0 Å². The molecular formula is C68H89N11O10S. The van der Waals surface area contributed by atoms with Crippen molar-refractivity contribution in [1.29, 1.82) is 0 Å². The number of thioether (sulfide) groups is 1. The molecule has 9 rings (SSSR count). The Labute approximate surface area is 532 Å². The number of likely N-dealkylation sites (tertiary alicyclic amines) is 1. The van der Waals surface area contributed by atoms with E-state index in [2.05, 4.69) is 54.7 Å². The van der Waals surface area contributed by atoms with Gasteiger partial charge in [0.25, 0.3) is 11.8 Å². The van der Waals surface area contributed by atoms with Gasteiger partial charge >= 0.3 is 0 Å². The van der Waals surface area contributed by atoms with Gasteiger partial charge in [-0.2, -0.15) is 0 Å². The van der Waals surface area contributed by atoms with Gasteiger partial charge in [0.2, 0.25) is 41.4 Å². The van der Waals surface area contributed by atoms with Crippen LogP contribution in [-0.4, -0.2) is 168 Å². The van der Waals surface area contributed by atoms with Crippen LogP contribution in [0.25, 0.3) is 0 Å². The average molecular weight is 1250 g/mol. The molecule has 9 atom stereocenters. The monoisotopic (exact) mass is 1250 g/mol. The maximum absolute atomic E-state index is 15.5. The molecule has 482 valence electrons. The standard InChI is InChI=1S/C68H89N11O10S/c1-40(69-8)59(81)75-57(67(3,4)5)65(87)79-38-49(36-55(79)64(86)74-53-23-15-19-43-17-11-13-21-51(43)53)72-62(84)45-26-24-44(25-27-45)61(83)71-48-29-28-46-35-54(63(85)73-52-22-14-18-42-16-10-12-20-50(42)52)78(37-47(46)34-48)66(88)58(76-60(82)41(2)70-9)68(6,7)90-39-56(80)77-30-32-89-33-31-77/h10-13,16-17,20-21,24-29,34,40-41,49,52-55,57-58,69-70H,14-15,18-19,22-23,30-33,35-39H2,1-9H3,(H,71,83)(H,72,84)(H,73,85)(H,74,86)(H,75,81)(H,76,82)/t40-,41-,49-,52+,53+,54-,55-,57+,58+/m0/s1. The average Bonchev–Trinajstić information content (AvgIpc) is 3.17. The van der Waals surface area contributed by atoms with Crippen LogP contribution in [0.15, 0.2) is 91.0 Å².